The van der Waals surface area contributed by atoms with Gasteiger partial charge in [0.1, 0.15) is 0 Å². The third-order valence-electron chi connectivity index (χ3n) is 12.4. The Bertz CT molecular complexity index is 3230. The molecule has 0 saturated carbocycles. The molecule has 0 spiro atoms. The van der Waals surface area contributed by atoms with E-state index in [-0.39, 0.29) is 0 Å². The first kappa shape index (κ1) is 40.9. The van der Waals surface area contributed by atoms with E-state index in [1.54, 1.807) is 0 Å². The van der Waals surface area contributed by atoms with E-state index in [0.29, 0.717) is 0 Å². The summed E-state index contributed by atoms with van der Waals surface area (Å²) in [7, 11) is 0. The Kier molecular flexibility index (Phi) is 11.2. The smallest absolute Gasteiger partial charge is 0.0468 e. The van der Waals surface area contributed by atoms with Crippen LogP contribution in [0.15, 0.2) is 273 Å². The average Bonchev–Trinajstić information content (AvgIpc) is 3.39. The summed E-state index contributed by atoms with van der Waals surface area (Å²) < 4.78 is 0. The minimum Gasteiger partial charge on any atom is -0.311 e. The second kappa shape index (κ2) is 18.3. The summed E-state index contributed by atoms with van der Waals surface area (Å²) >= 11 is 0. The summed E-state index contributed by atoms with van der Waals surface area (Å²) in [4.78, 5) is 9.32. The molecule has 0 fully saturated rings. The molecular formula is C63H48N4. The van der Waals surface area contributed by atoms with Crippen LogP contribution < -0.4 is 19.6 Å². The molecule has 11 aromatic rings. The van der Waals surface area contributed by atoms with Gasteiger partial charge in [0.25, 0.3) is 0 Å². The summed E-state index contributed by atoms with van der Waals surface area (Å²) in [6, 6.07) is 97.8. The SMILES string of the molecule is Cc1ccc(N(c2ccccc2)c2ccc(N(c3ccc(N(c4ccccc4)c4ccc5ccccc5c4)cc3)c3ccc(N(c4ccccc4)c4ccc5ccccc5c4)cc3)cc2)cc1. The second-order valence-electron chi connectivity index (χ2n) is 16.8. The molecular weight excluding hydrogens is 813 g/mol. The van der Waals surface area contributed by atoms with Gasteiger partial charge in [0.15, 0.2) is 0 Å². The largest absolute Gasteiger partial charge is 0.311 e. The molecule has 0 aliphatic heterocycles. The maximum atomic E-state index is 2.35. The predicted octanol–water partition coefficient (Wildman–Crippen LogP) is 18.2. The van der Waals surface area contributed by atoms with Crippen molar-refractivity contribution in [2.45, 2.75) is 6.92 Å². The lowest BCUT2D eigenvalue weighted by atomic mass is 10.1. The van der Waals surface area contributed by atoms with Gasteiger partial charge in [-0.25, -0.2) is 0 Å². The van der Waals surface area contributed by atoms with Crippen LogP contribution in [-0.4, -0.2) is 0 Å². The van der Waals surface area contributed by atoms with Gasteiger partial charge in [0.2, 0.25) is 0 Å². The van der Waals surface area contributed by atoms with E-state index in [4.69, 9.17) is 0 Å². The Labute approximate surface area is 393 Å². The van der Waals surface area contributed by atoms with Gasteiger partial charge in [0, 0.05) is 68.2 Å². The van der Waals surface area contributed by atoms with Crippen LogP contribution in [0.4, 0.5) is 68.2 Å². The average molecular weight is 861 g/mol. The number of rotatable bonds is 12. The molecule has 0 atom stereocenters. The molecule has 67 heavy (non-hydrogen) atoms. The number of aryl methyl sites for hydroxylation is 1. The van der Waals surface area contributed by atoms with Crippen LogP contribution in [-0.2, 0) is 0 Å². The Balaban J connectivity index is 1.01. The first-order valence-electron chi connectivity index (χ1n) is 22.8. The zero-order valence-electron chi connectivity index (χ0n) is 37.3. The van der Waals surface area contributed by atoms with Crippen molar-refractivity contribution >= 4 is 89.8 Å². The normalized spacial score (nSPS) is 11.1. The van der Waals surface area contributed by atoms with Gasteiger partial charge in [-0.2, -0.15) is 0 Å². The number of fused-ring (bicyclic) bond motifs is 2. The highest BCUT2D eigenvalue weighted by atomic mass is 15.2. The monoisotopic (exact) mass is 860 g/mol. The van der Waals surface area contributed by atoms with Crippen LogP contribution in [0.5, 0.6) is 0 Å². The van der Waals surface area contributed by atoms with E-state index in [9.17, 15) is 0 Å². The molecule has 0 saturated heterocycles. The van der Waals surface area contributed by atoms with E-state index in [2.05, 4.69) is 300 Å². The quantitative estimate of drug-likeness (QED) is 0.121. The third kappa shape index (κ3) is 8.48. The zero-order chi connectivity index (χ0) is 44.9. The van der Waals surface area contributed by atoms with Crippen molar-refractivity contribution in [3.63, 3.8) is 0 Å². The number of para-hydroxylation sites is 3. The minimum absolute atomic E-state index is 1.05. The van der Waals surface area contributed by atoms with Crippen molar-refractivity contribution in [2.75, 3.05) is 19.6 Å². The molecule has 320 valence electrons. The molecule has 4 nitrogen and oxygen atoms in total. The lowest BCUT2D eigenvalue weighted by Crippen LogP contribution is -2.14. The lowest BCUT2D eigenvalue weighted by Gasteiger charge is -2.30. The predicted molar refractivity (Wildman–Crippen MR) is 285 cm³/mol. The standard InChI is InChI=1S/C63H48N4/c1-47-25-29-55(30-26-47)64(52-19-5-2-6-20-52)56-33-35-57(36-34-56)65(58-37-41-60(42-38-58)66(53-21-7-3-8-22-53)62-31-27-48-15-11-13-17-50(48)45-62)59-39-43-61(44-40-59)67(54-23-9-4-10-24-54)63-32-28-49-16-12-14-18-51(49)46-63/h2-46H,1H3. The van der Waals surface area contributed by atoms with Crippen molar-refractivity contribution < 1.29 is 0 Å². The summed E-state index contributed by atoms with van der Waals surface area (Å²) in [5, 5.41) is 4.85. The highest BCUT2D eigenvalue weighted by molar-refractivity contribution is 5.92. The van der Waals surface area contributed by atoms with E-state index in [1.165, 1.54) is 27.1 Å². The van der Waals surface area contributed by atoms with Gasteiger partial charge in [-0.1, -0.05) is 133 Å². The highest BCUT2D eigenvalue weighted by Crippen LogP contribution is 2.43. The first-order chi connectivity index (χ1) is 33.1. The molecule has 0 radical (unpaired) electrons. The number of hydrogen-bond acceptors (Lipinski definition) is 4. The van der Waals surface area contributed by atoms with E-state index in [1.807, 2.05) is 0 Å². The molecule has 0 heterocycles. The molecule has 0 bridgehead atoms. The molecule has 0 unspecified atom stereocenters. The highest BCUT2D eigenvalue weighted by Gasteiger charge is 2.20. The number of anilines is 12. The van der Waals surface area contributed by atoms with Crippen LogP contribution >= 0.6 is 0 Å². The molecule has 0 aliphatic carbocycles. The first-order valence-corrected chi connectivity index (χ1v) is 22.8. The summed E-state index contributed by atoms with van der Waals surface area (Å²) in [6.45, 7) is 2.13. The van der Waals surface area contributed by atoms with E-state index < -0.39 is 0 Å². The van der Waals surface area contributed by atoms with Crippen LogP contribution in [0.1, 0.15) is 5.56 Å². The lowest BCUT2D eigenvalue weighted by molar-refractivity contribution is 1.24. The number of hydrogen-bond donors (Lipinski definition) is 0. The Morgan fingerprint density at radius 2 is 0.388 bits per heavy atom. The Hall–Kier alpha value is -8.86. The van der Waals surface area contributed by atoms with Crippen molar-refractivity contribution in [1.29, 1.82) is 0 Å². The summed E-state index contributed by atoms with van der Waals surface area (Å²) in [6.07, 6.45) is 0. The molecule has 0 aromatic heterocycles. The van der Waals surface area contributed by atoms with Gasteiger partial charge in [0.05, 0.1) is 0 Å². The Morgan fingerprint density at radius 3 is 0.687 bits per heavy atom. The fourth-order valence-electron chi connectivity index (χ4n) is 9.10. The fraction of sp³-hybridized carbons (Fsp3) is 0.0159. The second-order valence-corrected chi connectivity index (χ2v) is 16.8. The van der Waals surface area contributed by atoms with Gasteiger partial charge in [-0.05, 0) is 174 Å². The van der Waals surface area contributed by atoms with Gasteiger partial charge in [-0.3, -0.25) is 0 Å². The maximum Gasteiger partial charge on any atom is 0.0468 e. The van der Waals surface area contributed by atoms with Gasteiger partial charge < -0.3 is 19.6 Å². The van der Waals surface area contributed by atoms with E-state index in [0.717, 1.165) is 68.2 Å². The molecule has 0 aliphatic rings. The van der Waals surface area contributed by atoms with Crippen LogP contribution in [0.3, 0.4) is 0 Å². The fourth-order valence-corrected chi connectivity index (χ4v) is 9.10. The van der Waals surface area contributed by atoms with Crippen molar-refractivity contribution in [1.82, 2.24) is 0 Å². The molecule has 0 N–H and O–H groups in total. The van der Waals surface area contributed by atoms with Gasteiger partial charge >= 0.3 is 0 Å². The summed E-state index contributed by atoms with van der Waals surface area (Å²) in [5.74, 6) is 0. The third-order valence-corrected chi connectivity index (χ3v) is 12.4. The molecule has 11 aromatic carbocycles. The van der Waals surface area contributed by atoms with Crippen LogP contribution in [0, 0.1) is 6.92 Å². The molecule has 11 rings (SSSR count). The number of benzene rings is 11. The zero-order valence-corrected chi connectivity index (χ0v) is 37.3. The van der Waals surface area contributed by atoms with E-state index >= 15 is 0 Å². The molecule has 4 heteroatoms. The minimum atomic E-state index is 1.05. The van der Waals surface area contributed by atoms with Crippen molar-refractivity contribution in [3.05, 3.63) is 279 Å². The Morgan fingerprint density at radius 1 is 0.179 bits per heavy atom. The molecule has 0 amide bonds. The topological polar surface area (TPSA) is 13.0 Å². The van der Waals surface area contributed by atoms with Crippen LogP contribution in [0.25, 0.3) is 21.5 Å². The van der Waals surface area contributed by atoms with Crippen molar-refractivity contribution in [3.8, 4) is 0 Å². The van der Waals surface area contributed by atoms with Crippen LogP contribution in [0.2, 0.25) is 0 Å². The number of nitrogens with zero attached hydrogens (tertiary/aromatic N) is 4. The van der Waals surface area contributed by atoms with Crippen molar-refractivity contribution in [2.24, 2.45) is 0 Å². The maximum absolute atomic E-state index is 2.35. The van der Waals surface area contributed by atoms with Gasteiger partial charge in [-0.15, -0.1) is 0 Å². The summed E-state index contributed by atoms with van der Waals surface area (Å²) in [5.41, 5.74) is 14.2.